The van der Waals surface area contributed by atoms with Crippen molar-refractivity contribution in [1.29, 1.82) is 10.5 Å². The van der Waals surface area contributed by atoms with Crippen LogP contribution in [0, 0.1) is 21.3 Å². The van der Waals surface area contributed by atoms with Gasteiger partial charge < -0.3 is 0 Å². The van der Waals surface area contributed by atoms with Crippen LogP contribution >= 0.6 is 23.5 Å². The molecule has 0 unspecified atom stereocenters. The first-order chi connectivity index (χ1) is 5.72. The van der Waals surface area contributed by atoms with Gasteiger partial charge in [-0.1, -0.05) is 11.1 Å². The Labute approximate surface area is 81.6 Å². The summed E-state index contributed by atoms with van der Waals surface area (Å²) in [5.74, 6) is 1.49. The third-order valence-corrected chi connectivity index (χ3v) is 2.85. The van der Waals surface area contributed by atoms with Crippen LogP contribution in [0.25, 0.3) is 0 Å². The van der Waals surface area contributed by atoms with Crippen molar-refractivity contribution >= 4 is 23.5 Å². The van der Waals surface area contributed by atoms with Crippen molar-refractivity contribution in [2.24, 2.45) is 0 Å². The zero-order chi connectivity index (χ0) is 9.40. The zero-order valence-corrected chi connectivity index (χ0v) is 8.76. The minimum atomic E-state index is 0.744. The predicted molar refractivity (Wildman–Crippen MR) is 54.5 cm³/mol. The van der Waals surface area contributed by atoms with Crippen molar-refractivity contribution in [2.45, 2.75) is 13.8 Å². The van der Waals surface area contributed by atoms with Crippen LogP contribution in [0.4, 0.5) is 0 Å². The van der Waals surface area contributed by atoms with Gasteiger partial charge in [-0.3, -0.25) is 0 Å². The molecule has 4 heteroatoms. The van der Waals surface area contributed by atoms with Gasteiger partial charge in [-0.2, -0.15) is 10.5 Å². The first-order valence-electron chi connectivity index (χ1n) is 3.39. The van der Waals surface area contributed by atoms with Gasteiger partial charge in [0.2, 0.25) is 0 Å². The number of rotatable bonds is 4. The molecular weight excluding hydrogens is 188 g/mol. The van der Waals surface area contributed by atoms with Gasteiger partial charge in [0.1, 0.15) is 10.8 Å². The van der Waals surface area contributed by atoms with Gasteiger partial charge in [0.25, 0.3) is 0 Å². The number of hydrogen-bond acceptors (Lipinski definition) is 4. The van der Waals surface area contributed by atoms with Crippen molar-refractivity contribution < 1.29 is 0 Å². The summed E-state index contributed by atoms with van der Waals surface area (Å²) in [5, 5.41) is 20.7. The Balaban J connectivity index is 3.92. The Morgan fingerprint density at radius 2 is 1.33 bits per heavy atom. The molecule has 0 heterocycles. The molecular formula is C8H10N2S2. The molecule has 0 aromatic heterocycles. The summed E-state index contributed by atoms with van der Waals surface area (Å²) < 4.78 is 0. The third-order valence-electron chi connectivity index (χ3n) is 1.44. The molecule has 2 nitrogen and oxygen atoms in total. The largest absolute Gasteiger partial charge is 0.185 e. The average Bonchev–Trinajstić information content (AvgIpc) is 2.10. The second-order valence-corrected chi connectivity index (χ2v) is 3.84. The lowest BCUT2D eigenvalue weighted by molar-refractivity contribution is 1.25. The molecule has 0 aliphatic rings. The number of hydrogen-bond donors (Lipinski definition) is 0. The van der Waals surface area contributed by atoms with Gasteiger partial charge in [0.15, 0.2) is 0 Å². The summed E-state index contributed by atoms with van der Waals surface area (Å²) in [5.41, 5.74) is 2.40. The van der Waals surface area contributed by atoms with E-state index in [1.54, 1.807) is 0 Å². The molecule has 0 rings (SSSR count). The van der Waals surface area contributed by atoms with Gasteiger partial charge >= 0.3 is 0 Å². The third kappa shape index (κ3) is 5.12. The summed E-state index contributed by atoms with van der Waals surface area (Å²) >= 11 is 2.47. The predicted octanol–water partition coefficient (Wildman–Crippen LogP) is 2.75. The quantitative estimate of drug-likeness (QED) is 0.515. The van der Waals surface area contributed by atoms with Gasteiger partial charge in [-0.25, -0.2) is 0 Å². The Kier molecular flexibility index (Phi) is 6.75. The molecule has 0 aliphatic heterocycles. The standard InChI is InChI=1S/C8H10N2S2/c1-7(3-11-5-9)8(2)4-12-6-10/h3-4H2,1-2H3/b8-7+. The molecule has 0 spiro atoms. The Morgan fingerprint density at radius 3 is 1.58 bits per heavy atom. The van der Waals surface area contributed by atoms with Crippen LogP contribution in [0.2, 0.25) is 0 Å². The smallest absolute Gasteiger partial charge is 0.133 e. The second-order valence-electron chi connectivity index (χ2n) is 2.32. The highest BCUT2D eigenvalue weighted by molar-refractivity contribution is 8.04. The molecule has 0 aromatic rings. The van der Waals surface area contributed by atoms with E-state index < -0.39 is 0 Å². The van der Waals surface area contributed by atoms with Crippen LogP contribution in [0.15, 0.2) is 11.1 Å². The van der Waals surface area contributed by atoms with Crippen molar-refractivity contribution in [1.82, 2.24) is 0 Å². The number of nitrogens with zero attached hydrogens (tertiary/aromatic N) is 2. The Bertz CT molecular complexity index is 219. The SMILES string of the molecule is C/C(CSC#N)=C(/C)CSC#N. The molecule has 0 fully saturated rings. The van der Waals surface area contributed by atoms with Crippen molar-refractivity contribution in [2.75, 3.05) is 11.5 Å². The normalized spacial score (nSPS) is 11.3. The summed E-state index contributed by atoms with van der Waals surface area (Å²) in [4.78, 5) is 0. The minimum absolute atomic E-state index is 0.744. The van der Waals surface area contributed by atoms with Gasteiger partial charge in [0, 0.05) is 11.5 Å². The van der Waals surface area contributed by atoms with E-state index in [0.717, 1.165) is 11.5 Å². The highest BCUT2D eigenvalue weighted by Crippen LogP contribution is 2.14. The molecule has 64 valence electrons. The maximum Gasteiger partial charge on any atom is 0.133 e. The Morgan fingerprint density at radius 1 is 1.00 bits per heavy atom. The summed E-state index contributed by atoms with van der Waals surface area (Å²) in [6.07, 6.45) is 0. The van der Waals surface area contributed by atoms with Gasteiger partial charge in [-0.05, 0) is 37.4 Å². The summed E-state index contributed by atoms with van der Waals surface area (Å²) in [7, 11) is 0. The molecule has 0 saturated carbocycles. The molecule has 0 radical (unpaired) electrons. The van der Waals surface area contributed by atoms with E-state index in [4.69, 9.17) is 10.5 Å². The first kappa shape index (κ1) is 11.4. The van der Waals surface area contributed by atoms with E-state index in [-0.39, 0.29) is 0 Å². The lowest BCUT2D eigenvalue weighted by atomic mass is 10.2. The fourth-order valence-electron chi connectivity index (χ4n) is 0.527. The topological polar surface area (TPSA) is 47.6 Å². The van der Waals surface area contributed by atoms with Crippen LogP contribution < -0.4 is 0 Å². The Hall–Kier alpha value is -0.580. The number of thioether (sulfide) groups is 2. The number of nitriles is 2. The molecule has 0 bridgehead atoms. The second kappa shape index (κ2) is 7.09. The maximum atomic E-state index is 8.31. The van der Waals surface area contributed by atoms with E-state index in [0.29, 0.717) is 0 Å². The molecule has 12 heavy (non-hydrogen) atoms. The van der Waals surface area contributed by atoms with Crippen molar-refractivity contribution in [3.8, 4) is 10.8 Å². The van der Waals surface area contributed by atoms with E-state index in [1.165, 1.54) is 34.7 Å². The minimum Gasteiger partial charge on any atom is -0.185 e. The van der Waals surface area contributed by atoms with Crippen LogP contribution in [0.5, 0.6) is 0 Å². The van der Waals surface area contributed by atoms with Crippen LogP contribution in [0.1, 0.15) is 13.8 Å². The molecule has 0 aromatic carbocycles. The van der Waals surface area contributed by atoms with E-state index in [9.17, 15) is 0 Å². The lowest BCUT2D eigenvalue weighted by Crippen LogP contribution is -1.89. The number of thiocyanates is 2. The lowest BCUT2D eigenvalue weighted by Gasteiger charge is -2.01. The highest BCUT2D eigenvalue weighted by Gasteiger charge is 1.97. The average molecular weight is 198 g/mol. The van der Waals surface area contributed by atoms with E-state index in [1.807, 2.05) is 24.6 Å². The monoisotopic (exact) mass is 198 g/mol. The maximum absolute atomic E-state index is 8.31. The zero-order valence-electron chi connectivity index (χ0n) is 7.13. The highest BCUT2D eigenvalue weighted by atomic mass is 32.2. The fourth-order valence-corrected chi connectivity index (χ4v) is 1.58. The van der Waals surface area contributed by atoms with Crippen LogP contribution in [0.3, 0.4) is 0 Å². The van der Waals surface area contributed by atoms with E-state index >= 15 is 0 Å². The molecule has 0 aliphatic carbocycles. The fraction of sp³-hybridized carbons (Fsp3) is 0.500. The molecule has 0 amide bonds. The van der Waals surface area contributed by atoms with Crippen LogP contribution in [-0.4, -0.2) is 11.5 Å². The van der Waals surface area contributed by atoms with Crippen molar-refractivity contribution in [3.63, 3.8) is 0 Å². The van der Waals surface area contributed by atoms with Crippen LogP contribution in [-0.2, 0) is 0 Å². The van der Waals surface area contributed by atoms with Gasteiger partial charge in [-0.15, -0.1) is 0 Å². The van der Waals surface area contributed by atoms with E-state index in [2.05, 4.69) is 0 Å². The molecule has 0 N–H and O–H groups in total. The van der Waals surface area contributed by atoms with Gasteiger partial charge in [0.05, 0.1) is 0 Å². The summed E-state index contributed by atoms with van der Waals surface area (Å²) in [6.45, 7) is 4.00. The molecule has 0 atom stereocenters. The first-order valence-corrected chi connectivity index (χ1v) is 5.36. The summed E-state index contributed by atoms with van der Waals surface area (Å²) in [6, 6.07) is 0. The van der Waals surface area contributed by atoms with Crippen molar-refractivity contribution in [3.05, 3.63) is 11.1 Å². The molecule has 0 saturated heterocycles.